The average molecular weight is 512 g/mol. The van der Waals surface area contributed by atoms with E-state index in [1.54, 1.807) is 11.2 Å². The van der Waals surface area contributed by atoms with Crippen LogP contribution in [-0.4, -0.2) is 97.2 Å². The minimum absolute atomic E-state index is 0.152. The number of sulfonamides is 1. The predicted molar refractivity (Wildman–Crippen MR) is 119 cm³/mol. The monoisotopic (exact) mass is 511 g/mol. The Morgan fingerprint density at radius 1 is 1.00 bits per heavy atom. The predicted octanol–water partition coefficient (Wildman–Crippen LogP) is 2.41. The zero-order valence-electron chi connectivity index (χ0n) is 19.9. The van der Waals surface area contributed by atoms with Gasteiger partial charge in [-0.15, -0.1) is 0 Å². The molecule has 3 heterocycles. The van der Waals surface area contributed by atoms with E-state index in [2.05, 4.69) is 16.7 Å². The molecule has 1 aliphatic carbocycles. The number of halogens is 3. The molecule has 196 valence electrons. The first-order chi connectivity index (χ1) is 15.8. The quantitative estimate of drug-likeness (QED) is 0.623. The Bertz CT molecular complexity index is 868. The maximum absolute atomic E-state index is 13.6. The minimum Gasteiger partial charge on any atom is -0.475 e. The van der Waals surface area contributed by atoms with E-state index in [1.165, 1.54) is 0 Å². The van der Waals surface area contributed by atoms with Gasteiger partial charge in [0.05, 0.1) is 11.2 Å². The lowest BCUT2D eigenvalue weighted by molar-refractivity contribution is -0.192. The van der Waals surface area contributed by atoms with Crippen LogP contribution in [0, 0.1) is 16.7 Å². The molecular weight excluding hydrogens is 475 g/mol. The second-order valence-electron chi connectivity index (χ2n) is 10.0. The molecule has 0 aromatic carbocycles. The molecule has 3 aliphatic heterocycles. The highest BCUT2D eigenvalue weighted by atomic mass is 32.2. The van der Waals surface area contributed by atoms with Crippen molar-refractivity contribution in [1.82, 2.24) is 14.1 Å². The molecule has 0 radical (unpaired) electrons. The van der Waals surface area contributed by atoms with Crippen LogP contribution in [0.1, 0.15) is 52.4 Å². The topological polar surface area (TPSA) is 98.2 Å². The van der Waals surface area contributed by atoms with Crippen LogP contribution in [0.15, 0.2) is 0 Å². The normalized spacial score (nSPS) is 29.7. The lowest BCUT2D eigenvalue weighted by Crippen LogP contribution is -2.50. The van der Waals surface area contributed by atoms with Crippen LogP contribution in [0.3, 0.4) is 0 Å². The number of aliphatic carboxylic acids is 1. The van der Waals surface area contributed by atoms with E-state index in [0.29, 0.717) is 24.9 Å². The summed E-state index contributed by atoms with van der Waals surface area (Å²) in [6, 6.07) is 0. The van der Waals surface area contributed by atoms with Gasteiger partial charge in [0.2, 0.25) is 15.9 Å². The van der Waals surface area contributed by atoms with Crippen molar-refractivity contribution in [2.45, 2.75) is 58.5 Å². The van der Waals surface area contributed by atoms with Crippen LogP contribution in [0.4, 0.5) is 13.2 Å². The van der Waals surface area contributed by atoms with Crippen molar-refractivity contribution in [3.63, 3.8) is 0 Å². The molecule has 0 aromatic heterocycles. The third-order valence-corrected chi connectivity index (χ3v) is 10.3. The summed E-state index contributed by atoms with van der Waals surface area (Å²) in [5, 5.41) is 7.12. The van der Waals surface area contributed by atoms with Crippen LogP contribution >= 0.6 is 0 Å². The number of amides is 1. The van der Waals surface area contributed by atoms with Crippen molar-refractivity contribution < 1.29 is 36.3 Å². The number of likely N-dealkylation sites (tertiary alicyclic amines) is 2. The number of nitrogens with zero attached hydrogens (tertiary/aromatic N) is 3. The first-order valence-corrected chi connectivity index (χ1v) is 13.7. The summed E-state index contributed by atoms with van der Waals surface area (Å²) < 4.78 is 58.0. The number of alkyl halides is 3. The van der Waals surface area contributed by atoms with E-state index < -0.39 is 22.2 Å². The zero-order chi connectivity index (χ0) is 25.4. The van der Waals surface area contributed by atoms with Gasteiger partial charge in [0.1, 0.15) is 0 Å². The molecule has 1 N–H and O–H groups in total. The number of carbonyl (C=O) groups excluding carboxylic acids is 1. The molecule has 0 bridgehead atoms. The number of rotatable bonds is 4. The largest absolute Gasteiger partial charge is 0.490 e. The molecule has 34 heavy (non-hydrogen) atoms. The fraction of sp³-hybridized carbons (Fsp3) is 0.909. The van der Waals surface area contributed by atoms with Gasteiger partial charge in [-0.2, -0.15) is 13.2 Å². The summed E-state index contributed by atoms with van der Waals surface area (Å²) in [6.45, 7) is 9.95. The van der Waals surface area contributed by atoms with Gasteiger partial charge in [-0.3, -0.25) is 4.79 Å². The fourth-order valence-corrected chi connectivity index (χ4v) is 7.58. The number of carbonyl (C=O) groups is 2. The number of carboxylic acids is 1. The third-order valence-electron chi connectivity index (χ3n) is 8.41. The summed E-state index contributed by atoms with van der Waals surface area (Å²) in [5.74, 6) is -1.77. The minimum atomic E-state index is -5.08. The van der Waals surface area contributed by atoms with Gasteiger partial charge < -0.3 is 14.9 Å². The Balaban J connectivity index is 0.000000406. The van der Waals surface area contributed by atoms with E-state index in [4.69, 9.17) is 9.90 Å². The number of hydrogen-bond donors (Lipinski definition) is 1. The van der Waals surface area contributed by atoms with Crippen LogP contribution in [0.5, 0.6) is 0 Å². The molecule has 4 rings (SSSR count). The first-order valence-electron chi connectivity index (χ1n) is 12.1. The lowest BCUT2D eigenvalue weighted by atomic mass is 9.66. The lowest BCUT2D eigenvalue weighted by Gasteiger charge is -2.44. The van der Waals surface area contributed by atoms with Crippen molar-refractivity contribution in [3.05, 3.63) is 0 Å². The van der Waals surface area contributed by atoms with Crippen molar-refractivity contribution in [1.29, 1.82) is 0 Å². The van der Waals surface area contributed by atoms with Gasteiger partial charge in [-0.05, 0) is 63.3 Å². The maximum atomic E-state index is 13.6. The molecule has 0 unspecified atom stereocenters. The summed E-state index contributed by atoms with van der Waals surface area (Å²) in [4.78, 5) is 27.1. The molecule has 1 saturated carbocycles. The Kier molecular flexibility index (Phi) is 7.94. The summed E-state index contributed by atoms with van der Waals surface area (Å²) in [5.41, 5.74) is -0.0643. The zero-order valence-corrected chi connectivity index (χ0v) is 20.8. The molecular formula is C22H36F3N3O5S. The van der Waals surface area contributed by atoms with Crippen molar-refractivity contribution in [2.75, 3.05) is 51.6 Å². The van der Waals surface area contributed by atoms with Crippen LogP contribution in [0.25, 0.3) is 0 Å². The Hall–Kier alpha value is -1.40. The highest BCUT2D eigenvalue weighted by Crippen LogP contribution is 2.62. The van der Waals surface area contributed by atoms with E-state index >= 15 is 0 Å². The second kappa shape index (κ2) is 9.93. The van der Waals surface area contributed by atoms with E-state index in [9.17, 15) is 26.4 Å². The van der Waals surface area contributed by atoms with Gasteiger partial charge in [-0.25, -0.2) is 17.5 Å². The smallest absolute Gasteiger partial charge is 0.475 e. The second-order valence-corrected chi connectivity index (χ2v) is 12.3. The first kappa shape index (κ1) is 27.2. The molecule has 1 spiro atoms. The Labute approximate surface area is 199 Å². The molecule has 0 aromatic rings. The molecule has 1 amide bonds. The number of carboxylic acid groups (broad SMARTS) is 1. The highest BCUT2D eigenvalue weighted by Gasteiger charge is 2.65. The van der Waals surface area contributed by atoms with Crippen LogP contribution < -0.4 is 0 Å². The standard InChI is InChI=1S/C20H35N3O3S.C2HF3O2/c1-3-21-15-17-19(9-13-23(14-10-19)27(25,26)4-2)7-8-20(17,16-21)18(24)22-11-5-6-12-22;3-2(4,5)1(6)7/h17H,3-16H2,1-2H3;(H,6,7)/t17-,20+;/m0./s1. The van der Waals surface area contributed by atoms with E-state index in [-0.39, 0.29) is 16.6 Å². The van der Waals surface area contributed by atoms with Gasteiger partial charge in [0, 0.05) is 39.3 Å². The van der Waals surface area contributed by atoms with Gasteiger partial charge in [0.25, 0.3) is 0 Å². The molecule has 4 aliphatic rings. The van der Waals surface area contributed by atoms with E-state index in [1.807, 2.05) is 0 Å². The van der Waals surface area contributed by atoms with Crippen molar-refractivity contribution >= 4 is 21.9 Å². The van der Waals surface area contributed by atoms with Crippen molar-refractivity contribution in [2.24, 2.45) is 16.7 Å². The average Bonchev–Trinajstić information content (AvgIpc) is 3.51. The van der Waals surface area contributed by atoms with Crippen LogP contribution in [0.2, 0.25) is 0 Å². The molecule has 3 saturated heterocycles. The van der Waals surface area contributed by atoms with Gasteiger partial charge in [0.15, 0.2) is 0 Å². The van der Waals surface area contributed by atoms with Crippen molar-refractivity contribution in [3.8, 4) is 0 Å². The van der Waals surface area contributed by atoms with E-state index in [0.717, 1.165) is 71.2 Å². The molecule has 4 fully saturated rings. The fourth-order valence-electron chi connectivity index (χ4n) is 6.48. The number of piperidine rings is 1. The molecule has 8 nitrogen and oxygen atoms in total. The summed E-state index contributed by atoms with van der Waals surface area (Å²) >= 11 is 0. The van der Waals surface area contributed by atoms with Gasteiger partial charge in [-0.1, -0.05) is 6.92 Å². The summed E-state index contributed by atoms with van der Waals surface area (Å²) in [6.07, 6.45) is 1.11. The number of hydrogen-bond acceptors (Lipinski definition) is 5. The van der Waals surface area contributed by atoms with Gasteiger partial charge >= 0.3 is 12.1 Å². The molecule has 2 atom stereocenters. The Morgan fingerprint density at radius 2 is 1.56 bits per heavy atom. The maximum Gasteiger partial charge on any atom is 0.490 e. The summed E-state index contributed by atoms with van der Waals surface area (Å²) in [7, 11) is -3.10. The highest BCUT2D eigenvalue weighted by molar-refractivity contribution is 7.89. The Morgan fingerprint density at radius 3 is 2.03 bits per heavy atom. The van der Waals surface area contributed by atoms with Crippen LogP contribution in [-0.2, 0) is 19.6 Å². The molecule has 12 heteroatoms. The third kappa shape index (κ3) is 5.09. The SMILES string of the molecule is CCN1C[C@H]2C3(CCN(S(=O)(=O)CC)CC3)CC[C@@]2(C(=O)N2CCCC2)C1.O=C(O)C(F)(F)F. The number of fused-ring (bicyclic) bond motifs is 2.